The Morgan fingerprint density at radius 1 is 1.07 bits per heavy atom. The molecule has 0 radical (unpaired) electrons. The Kier molecular flexibility index (Phi) is 7.60. The van der Waals surface area contributed by atoms with Crippen LogP contribution in [0.25, 0.3) is 0 Å². The predicted octanol–water partition coefficient (Wildman–Crippen LogP) is 2.69. The Morgan fingerprint density at radius 3 is 2.26 bits per heavy atom. The summed E-state index contributed by atoms with van der Waals surface area (Å²) in [5.74, 6) is 0. The van der Waals surface area contributed by atoms with Gasteiger partial charge in [0, 0.05) is 7.11 Å². The molecule has 1 aromatic carbocycles. The van der Waals surface area contributed by atoms with Gasteiger partial charge >= 0.3 is 0 Å². The van der Waals surface area contributed by atoms with Crippen LogP contribution in [0.4, 0.5) is 0 Å². The van der Waals surface area contributed by atoms with Gasteiger partial charge in [-0.3, -0.25) is 0 Å². The first-order valence-electron chi connectivity index (χ1n) is 9.40. The van der Waals surface area contributed by atoms with Crippen molar-refractivity contribution < 1.29 is 28.8 Å². The first-order valence-corrected chi connectivity index (χ1v) is 12.3. The number of aliphatic hydroxyl groups excluding tert-OH is 2. The van der Waals surface area contributed by atoms with Crippen molar-refractivity contribution in [3.8, 4) is 0 Å². The van der Waals surface area contributed by atoms with Crippen LogP contribution in [0, 0.1) is 0 Å². The number of aliphatic hydroxyl groups is 2. The van der Waals surface area contributed by atoms with Gasteiger partial charge in [0.15, 0.2) is 14.6 Å². The summed E-state index contributed by atoms with van der Waals surface area (Å²) in [5, 5.41) is 21.3. The summed E-state index contributed by atoms with van der Waals surface area (Å²) < 4.78 is 23.1. The van der Waals surface area contributed by atoms with Crippen molar-refractivity contribution in [3.63, 3.8) is 0 Å². The van der Waals surface area contributed by atoms with Gasteiger partial charge in [0.25, 0.3) is 0 Å². The Labute approximate surface area is 163 Å². The lowest BCUT2D eigenvalue weighted by Gasteiger charge is -2.43. The molecule has 1 aliphatic heterocycles. The van der Waals surface area contributed by atoms with Gasteiger partial charge in [-0.2, -0.15) is 0 Å². The van der Waals surface area contributed by atoms with Gasteiger partial charge in [-0.1, -0.05) is 51.1 Å². The van der Waals surface area contributed by atoms with Crippen LogP contribution in [0.5, 0.6) is 0 Å². The summed E-state index contributed by atoms with van der Waals surface area (Å²) in [7, 11) is -0.532. The second-order valence-electron chi connectivity index (χ2n) is 8.59. The molecule has 2 rings (SSSR count). The number of hydrogen-bond acceptors (Lipinski definition) is 6. The molecule has 0 saturated carbocycles. The molecule has 6 nitrogen and oxygen atoms in total. The lowest BCUT2D eigenvalue weighted by Crippen LogP contribution is -2.60. The van der Waals surface area contributed by atoms with Gasteiger partial charge in [0.1, 0.15) is 24.4 Å². The quantitative estimate of drug-likeness (QED) is 0.688. The molecule has 5 atom stereocenters. The smallest absolute Gasteiger partial charge is 0.192 e. The lowest BCUT2D eigenvalue weighted by atomic mass is 9.99. The van der Waals surface area contributed by atoms with Crippen molar-refractivity contribution in [1.29, 1.82) is 0 Å². The standard InChI is InChI=1S/C20H34O6Si/c1-20(2,3)27(5,6)25-13-15-16(21)18(17(22)19(23-4)26-15)24-12-14-10-8-7-9-11-14/h7-11,15-19,21-22H,12-13H2,1-6H3/t15-,16+,17-,18+,19+/m1/s1. The third-order valence-electron chi connectivity index (χ3n) is 5.57. The Hall–Kier alpha value is -0.803. The molecule has 1 aliphatic rings. The molecule has 0 unspecified atom stereocenters. The van der Waals surface area contributed by atoms with E-state index in [0.29, 0.717) is 0 Å². The molecule has 0 bridgehead atoms. The lowest BCUT2D eigenvalue weighted by molar-refractivity contribution is -0.302. The number of methoxy groups -OCH3 is 1. The van der Waals surface area contributed by atoms with Crippen LogP contribution in [0.1, 0.15) is 26.3 Å². The van der Waals surface area contributed by atoms with E-state index < -0.39 is 39.0 Å². The zero-order valence-electron chi connectivity index (χ0n) is 17.2. The van der Waals surface area contributed by atoms with Gasteiger partial charge in [-0.25, -0.2) is 0 Å². The van der Waals surface area contributed by atoms with Gasteiger partial charge in [-0.05, 0) is 23.7 Å². The van der Waals surface area contributed by atoms with Gasteiger partial charge in [0.2, 0.25) is 0 Å². The van der Waals surface area contributed by atoms with E-state index in [1.165, 1.54) is 7.11 Å². The zero-order valence-corrected chi connectivity index (χ0v) is 18.2. The van der Waals surface area contributed by atoms with Gasteiger partial charge < -0.3 is 28.8 Å². The number of hydrogen-bond donors (Lipinski definition) is 2. The molecule has 1 aromatic rings. The molecule has 1 fully saturated rings. The number of rotatable bonds is 7. The highest BCUT2D eigenvalue weighted by molar-refractivity contribution is 6.74. The normalized spacial score (nSPS) is 29.7. The monoisotopic (exact) mass is 398 g/mol. The first-order chi connectivity index (χ1) is 12.6. The summed E-state index contributed by atoms with van der Waals surface area (Å²) >= 11 is 0. The SMILES string of the molecule is CO[C@H]1O[C@H](CO[Si](C)(C)C(C)(C)C)[C@H](O)[C@H](OCc2ccccc2)[C@H]1O. The van der Waals surface area contributed by atoms with E-state index in [-0.39, 0.29) is 18.3 Å². The van der Waals surface area contributed by atoms with Crippen LogP contribution in [-0.2, 0) is 25.2 Å². The van der Waals surface area contributed by atoms with E-state index in [9.17, 15) is 10.2 Å². The van der Waals surface area contributed by atoms with Crippen molar-refractivity contribution in [2.45, 2.75) is 76.2 Å². The maximum atomic E-state index is 10.8. The summed E-state index contributed by atoms with van der Waals surface area (Å²) in [5.41, 5.74) is 0.964. The van der Waals surface area contributed by atoms with Crippen LogP contribution >= 0.6 is 0 Å². The first kappa shape index (κ1) is 22.5. The van der Waals surface area contributed by atoms with Crippen molar-refractivity contribution in [1.82, 2.24) is 0 Å². The average Bonchev–Trinajstić information content (AvgIpc) is 2.61. The minimum absolute atomic E-state index is 0.0516. The molecule has 1 heterocycles. The van der Waals surface area contributed by atoms with Gasteiger partial charge in [-0.15, -0.1) is 0 Å². The molecule has 27 heavy (non-hydrogen) atoms. The van der Waals surface area contributed by atoms with Gasteiger partial charge in [0.05, 0.1) is 13.2 Å². The highest BCUT2D eigenvalue weighted by Crippen LogP contribution is 2.37. The largest absolute Gasteiger partial charge is 0.414 e. The van der Waals surface area contributed by atoms with Crippen molar-refractivity contribution in [2.24, 2.45) is 0 Å². The molecule has 2 N–H and O–H groups in total. The molecule has 0 amide bonds. The minimum atomic E-state index is -2.00. The Balaban J connectivity index is 2.05. The Morgan fingerprint density at radius 2 is 1.70 bits per heavy atom. The third-order valence-corrected chi connectivity index (χ3v) is 10.1. The van der Waals surface area contributed by atoms with E-state index in [1.807, 2.05) is 30.3 Å². The summed E-state index contributed by atoms with van der Waals surface area (Å²) in [4.78, 5) is 0. The molecule has 7 heteroatoms. The maximum Gasteiger partial charge on any atom is 0.192 e. The predicted molar refractivity (Wildman–Crippen MR) is 106 cm³/mol. The summed E-state index contributed by atoms with van der Waals surface area (Å²) in [6, 6.07) is 9.64. The van der Waals surface area contributed by atoms with Crippen LogP contribution in [-0.4, -0.2) is 63.0 Å². The van der Waals surface area contributed by atoms with Crippen LogP contribution in [0.3, 0.4) is 0 Å². The number of ether oxygens (including phenoxy) is 3. The maximum absolute atomic E-state index is 10.8. The molecule has 0 spiro atoms. The average molecular weight is 399 g/mol. The molecule has 0 aromatic heterocycles. The summed E-state index contributed by atoms with van der Waals surface area (Å²) in [6.45, 7) is 11.3. The second-order valence-corrected chi connectivity index (χ2v) is 13.4. The molecule has 1 saturated heterocycles. The highest BCUT2D eigenvalue weighted by Gasteiger charge is 2.47. The second kappa shape index (κ2) is 9.13. The van der Waals surface area contributed by atoms with E-state index in [1.54, 1.807) is 0 Å². The molecule has 154 valence electrons. The van der Waals surface area contributed by atoms with E-state index >= 15 is 0 Å². The minimum Gasteiger partial charge on any atom is -0.414 e. The van der Waals surface area contributed by atoms with Crippen molar-refractivity contribution in [3.05, 3.63) is 35.9 Å². The van der Waals surface area contributed by atoms with Crippen LogP contribution < -0.4 is 0 Å². The third kappa shape index (κ3) is 5.60. The fourth-order valence-electron chi connectivity index (χ4n) is 2.71. The zero-order chi connectivity index (χ0) is 20.2. The molecular weight excluding hydrogens is 364 g/mol. The van der Waals surface area contributed by atoms with E-state index in [2.05, 4.69) is 33.9 Å². The topological polar surface area (TPSA) is 77.4 Å². The van der Waals surface area contributed by atoms with Crippen LogP contribution in [0.15, 0.2) is 30.3 Å². The number of benzene rings is 1. The molecule has 0 aliphatic carbocycles. The fourth-order valence-corrected chi connectivity index (χ4v) is 3.72. The highest BCUT2D eigenvalue weighted by atomic mass is 28.4. The fraction of sp³-hybridized carbons (Fsp3) is 0.700. The Bertz CT molecular complexity index is 574. The molecular formula is C20H34O6Si. The van der Waals surface area contributed by atoms with Crippen molar-refractivity contribution >= 4 is 8.32 Å². The van der Waals surface area contributed by atoms with Crippen LogP contribution in [0.2, 0.25) is 18.1 Å². The van der Waals surface area contributed by atoms with E-state index in [4.69, 9.17) is 18.6 Å². The van der Waals surface area contributed by atoms with Crippen molar-refractivity contribution in [2.75, 3.05) is 13.7 Å². The van der Waals surface area contributed by atoms with E-state index in [0.717, 1.165) is 5.56 Å². The summed E-state index contributed by atoms with van der Waals surface area (Å²) in [6.07, 6.45) is -4.43.